The first-order valence-corrected chi connectivity index (χ1v) is 7.53. The molecule has 0 bridgehead atoms. The average Bonchev–Trinajstić information content (AvgIpc) is 2.28. The molecule has 0 spiro atoms. The van der Waals surface area contributed by atoms with E-state index in [-0.39, 0.29) is 0 Å². The first kappa shape index (κ1) is 13.4. The molecular weight excluding hydrogens is 208 g/mol. The summed E-state index contributed by atoms with van der Waals surface area (Å²) in [5, 5.41) is 3.64. The van der Waals surface area contributed by atoms with E-state index in [1.54, 1.807) is 0 Å². The molecule has 1 N–H and O–H groups in total. The third-order valence-electron chi connectivity index (χ3n) is 4.98. The van der Waals surface area contributed by atoms with Gasteiger partial charge in [0.15, 0.2) is 0 Å². The molecule has 17 heavy (non-hydrogen) atoms. The first-order chi connectivity index (χ1) is 8.04. The Morgan fingerprint density at radius 1 is 1.29 bits per heavy atom. The highest BCUT2D eigenvalue weighted by molar-refractivity contribution is 4.95. The maximum absolute atomic E-state index is 3.64. The van der Waals surface area contributed by atoms with Crippen molar-refractivity contribution >= 4 is 0 Å². The van der Waals surface area contributed by atoms with Gasteiger partial charge >= 0.3 is 0 Å². The zero-order chi connectivity index (χ0) is 12.5. The van der Waals surface area contributed by atoms with E-state index < -0.39 is 0 Å². The molecule has 3 atom stereocenters. The van der Waals surface area contributed by atoms with Crippen LogP contribution in [0.1, 0.15) is 59.8 Å². The third kappa shape index (κ3) is 2.85. The Morgan fingerprint density at radius 2 is 2.06 bits per heavy atom. The van der Waals surface area contributed by atoms with Crippen molar-refractivity contribution in [2.75, 3.05) is 13.1 Å². The second-order valence-electron chi connectivity index (χ2n) is 6.82. The predicted molar refractivity (Wildman–Crippen MR) is 74.3 cm³/mol. The molecule has 2 aliphatic rings. The average molecular weight is 238 g/mol. The van der Waals surface area contributed by atoms with E-state index in [0.29, 0.717) is 11.5 Å². The summed E-state index contributed by atoms with van der Waals surface area (Å²) in [6, 6.07) is 2.23. The van der Waals surface area contributed by atoms with Crippen molar-refractivity contribution in [3.63, 3.8) is 0 Å². The molecule has 1 aliphatic heterocycles. The number of piperazine rings is 1. The van der Waals surface area contributed by atoms with Crippen molar-refractivity contribution in [1.29, 1.82) is 0 Å². The predicted octanol–water partition coefficient (Wildman–Crippen LogP) is 3.03. The Kier molecular flexibility index (Phi) is 4.14. The Labute approximate surface area is 107 Å². The van der Waals surface area contributed by atoms with Crippen LogP contribution in [0.4, 0.5) is 0 Å². The van der Waals surface area contributed by atoms with Gasteiger partial charge in [-0.05, 0) is 31.6 Å². The highest BCUT2D eigenvalue weighted by Gasteiger charge is 2.40. The van der Waals surface area contributed by atoms with Crippen LogP contribution in [0.5, 0.6) is 0 Å². The fourth-order valence-electron chi connectivity index (χ4n) is 3.84. The zero-order valence-electron chi connectivity index (χ0n) is 12.1. The molecule has 0 aromatic heterocycles. The van der Waals surface area contributed by atoms with Crippen molar-refractivity contribution in [3.05, 3.63) is 0 Å². The molecule has 3 unspecified atom stereocenters. The van der Waals surface area contributed by atoms with Gasteiger partial charge in [-0.3, -0.25) is 4.90 Å². The Morgan fingerprint density at radius 3 is 2.71 bits per heavy atom. The fraction of sp³-hybridized carbons (Fsp3) is 1.00. The molecular formula is C15H30N2. The van der Waals surface area contributed by atoms with Crippen LogP contribution in [-0.2, 0) is 0 Å². The van der Waals surface area contributed by atoms with Crippen molar-refractivity contribution in [3.8, 4) is 0 Å². The molecule has 100 valence electrons. The van der Waals surface area contributed by atoms with Crippen LogP contribution in [0.2, 0.25) is 0 Å². The van der Waals surface area contributed by atoms with Crippen LogP contribution in [0.3, 0.4) is 0 Å². The lowest BCUT2D eigenvalue weighted by atomic mass is 9.72. The molecule has 2 fully saturated rings. The number of rotatable bonds is 2. The van der Waals surface area contributed by atoms with Crippen molar-refractivity contribution in [2.45, 2.75) is 77.9 Å². The molecule has 0 radical (unpaired) electrons. The third-order valence-corrected chi connectivity index (χ3v) is 4.98. The maximum Gasteiger partial charge on any atom is 0.0221 e. The van der Waals surface area contributed by atoms with Crippen molar-refractivity contribution in [1.82, 2.24) is 10.2 Å². The largest absolute Gasteiger partial charge is 0.311 e. The molecule has 0 aromatic carbocycles. The van der Waals surface area contributed by atoms with E-state index in [4.69, 9.17) is 0 Å². The Hall–Kier alpha value is -0.0800. The van der Waals surface area contributed by atoms with Gasteiger partial charge in [0, 0.05) is 31.2 Å². The van der Waals surface area contributed by atoms with Gasteiger partial charge in [-0.2, -0.15) is 0 Å². The number of nitrogens with zero attached hydrogens (tertiary/aromatic N) is 1. The van der Waals surface area contributed by atoms with Crippen LogP contribution in [0.15, 0.2) is 0 Å². The quantitative estimate of drug-likeness (QED) is 0.795. The lowest BCUT2D eigenvalue weighted by Gasteiger charge is -2.51. The van der Waals surface area contributed by atoms with Crippen LogP contribution in [-0.4, -0.2) is 36.1 Å². The molecule has 0 aromatic rings. The highest BCUT2D eigenvalue weighted by Crippen LogP contribution is 2.40. The second-order valence-corrected chi connectivity index (χ2v) is 6.82. The SMILES string of the molecule is CCC1CNC(C)CN1C1CCCCC1(C)C. The van der Waals surface area contributed by atoms with Crippen LogP contribution < -0.4 is 5.32 Å². The minimum atomic E-state index is 0.517. The van der Waals surface area contributed by atoms with Crippen molar-refractivity contribution < 1.29 is 0 Å². The van der Waals surface area contributed by atoms with Gasteiger partial charge in [-0.15, -0.1) is 0 Å². The molecule has 1 aliphatic carbocycles. The Bertz CT molecular complexity index is 249. The van der Waals surface area contributed by atoms with Gasteiger partial charge in [-0.25, -0.2) is 0 Å². The monoisotopic (exact) mass is 238 g/mol. The number of hydrogen-bond acceptors (Lipinski definition) is 2. The summed E-state index contributed by atoms with van der Waals surface area (Å²) in [6.45, 7) is 12.1. The van der Waals surface area contributed by atoms with Crippen molar-refractivity contribution in [2.24, 2.45) is 5.41 Å². The highest BCUT2D eigenvalue weighted by atomic mass is 15.3. The minimum absolute atomic E-state index is 0.517. The van der Waals surface area contributed by atoms with Crippen LogP contribution in [0, 0.1) is 5.41 Å². The standard InChI is InChI=1S/C15H30N2/c1-5-13-10-16-12(2)11-17(13)14-8-6-7-9-15(14,3)4/h12-14,16H,5-11H2,1-4H3. The topological polar surface area (TPSA) is 15.3 Å². The summed E-state index contributed by atoms with van der Waals surface area (Å²) in [7, 11) is 0. The summed E-state index contributed by atoms with van der Waals surface area (Å²) in [4.78, 5) is 2.83. The lowest BCUT2D eigenvalue weighted by molar-refractivity contribution is -0.00455. The second kappa shape index (κ2) is 5.27. The van der Waals surface area contributed by atoms with Crippen LogP contribution in [0.25, 0.3) is 0 Å². The summed E-state index contributed by atoms with van der Waals surface area (Å²) >= 11 is 0. The molecule has 2 heteroatoms. The first-order valence-electron chi connectivity index (χ1n) is 7.53. The van der Waals surface area contributed by atoms with Gasteiger partial charge in [0.2, 0.25) is 0 Å². The van der Waals surface area contributed by atoms with Gasteiger partial charge in [0.05, 0.1) is 0 Å². The van der Waals surface area contributed by atoms with Crippen LogP contribution >= 0.6 is 0 Å². The van der Waals surface area contributed by atoms with E-state index >= 15 is 0 Å². The van der Waals surface area contributed by atoms with E-state index in [1.807, 2.05) is 0 Å². The maximum atomic E-state index is 3.64. The van der Waals surface area contributed by atoms with Gasteiger partial charge in [0.25, 0.3) is 0 Å². The molecule has 2 nitrogen and oxygen atoms in total. The summed E-state index contributed by atoms with van der Waals surface area (Å²) < 4.78 is 0. The van der Waals surface area contributed by atoms with E-state index in [0.717, 1.165) is 12.1 Å². The van der Waals surface area contributed by atoms with Gasteiger partial charge in [0.1, 0.15) is 0 Å². The normalized spacial score (nSPS) is 39.2. The van der Waals surface area contributed by atoms with E-state index in [1.165, 1.54) is 45.2 Å². The fourth-order valence-corrected chi connectivity index (χ4v) is 3.84. The summed E-state index contributed by atoms with van der Waals surface area (Å²) in [6.07, 6.45) is 6.97. The van der Waals surface area contributed by atoms with Gasteiger partial charge < -0.3 is 5.32 Å². The lowest BCUT2D eigenvalue weighted by Crippen LogP contribution is -2.61. The van der Waals surface area contributed by atoms with E-state index in [9.17, 15) is 0 Å². The summed E-state index contributed by atoms with van der Waals surface area (Å²) in [5.41, 5.74) is 0.517. The molecule has 2 rings (SSSR count). The number of hydrogen-bond donors (Lipinski definition) is 1. The molecule has 0 amide bonds. The smallest absolute Gasteiger partial charge is 0.0221 e. The Balaban J connectivity index is 2.11. The molecule has 1 saturated heterocycles. The zero-order valence-corrected chi connectivity index (χ0v) is 12.1. The van der Waals surface area contributed by atoms with Gasteiger partial charge in [-0.1, -0.05) is 33.6 Å². The van der Waals surface area contributed by atoms with E-state index in [2.05, 4.69) is 37.9 Å². The molecule has 1 saturated carbocycles. The minimum Gasteiger partial charge on any atom is -0.311 e. The molecule has 1 heterocycles. The summed E-state index contributed by atoms with van der Waals surface area (Å²) in [5.74, 6) is 0. The number of nitrogens with one attached hydrogen (secondary N) is 1.